The number of carbonyl (C=O) groups is 1. The average Bonchev–Trinajstić information content (AvgIpc) is 2.86. The highest BCUT2D eigenvalue weighted by Crippen LogP contribution is 2.31. The van der Waals surface area contributed by atoms with Gasteiger partial charge in [-0.3, -0.25) is 4.79 Å². The van der Waals surface area contributed by atoms with Crippen molar-refractivity contribution in [2.75, 3.05) is 18.1 Å². The van der Waals surface area contributed by atoms with Gasteiger partial charge in [-0.05, 0) is 18.6 Å². The van der Waals surface area contributed by atoms with Crippen LogP contribution >= 0.6 is 11.3 Å². The molecule has 0 bridgehead atoms. The van der Waals surface area contributed by atoms with Crippen LogP contribution in [0.5, 0.6) is 5.75 Å². The van der Waals surface area contributed by atoms with E-state index in [9.17, 15) is 4.79 Å². The highest BCUT2D eigenvalue weighted by Gasteiger charge is 2.24. The lowest BCUT2D eigenvalue weighted by Gasteiger charge is -2.20. The number of amides is 1. The number of anilines is 1. The van der Waals surface area contributed by atoms with E-state index < -0.39 is 0 Å². The van der Waals surface area contributed by atoms with Crippen molar-refractivity contribution in [3.8, 4) is 5.75 Å². The summed E-state index contributed by atoms with van der Waals surface area (Å²) in [5, 5.41) is 2.53. The molecule has 2 aromatic rings. The van der Waals surface area contributed by atoms with Crippen LogP contribution in [-0.4, -0.2) is 24.0 Å². The number of fused-ring (bicyclic) bond motifs is 1. The van der Waals surface area contributed by atoms with Crippen molar-refractivity contribution in [2.45, 2.75) is 13.0 Å². The maximum atomic E-state index is 12.6. The van der Waals surface area contributed by atoms with E-state index in [2.05, 4.69) is 4.98 Å². The van der Waals surface area contributed by atoms with Gasteiger partial charge in [-0.25, -0.2) is 4.98 Å². The molecule has 20 heavy (non-hydrogen) atoms. The number of ether oxygens (including phenoxy) is 1. The Morgan fingerprint density at radius 1 is 1.45 bits per heavy atom. The number of nitrogens with two attached hydrogens (primary N) is 1. The van der Waals surface area contributed by atoms with E-state index in [1.165, 1.54) is 11.3 Å². The third-order valence-corrected chi connectivity index (χ3v) is 4.00. The van der Waals surface area contributed by atoms with E-state index in [-0.39, 0.29) is 5.91 Å². The van der Waals surface area contributed by atoms with Crippen LogP contribution in [0.25, 0.3) is 0 Å². The monoisotopic (exact) mass is 289 g/mol. The first-order valence-corrected chi connectivity index (χ1v) is 7.35. The van der Waals surface area contributed by atoms with Crippen LogP contribution in [0.1, 0.15) is 21.9 Å². The van der Waals surface area contributed by atoms with Crippen molar-refractivity contribution >= 4 is 22.9 Å². The fraction of sp³-hybridized carbons (Fsp3) is 0.286. The van der Waals surface area contributed by atoms with Gasteiger partial charge in [0.1, 0.15) is 16.5 Å². The first-order valence-electron chi connectivity index (χ1n) is 6.48. The van der Waals surface area contributed by atoms with E-state index in [1.54, 1.807) is 10.3 Å². The topological polar surface area (TPSA) is 68.5 Å². The Morgan fingerprint density at radius 2 is 2.30 bits per heavy atom. The van der Waals surface area contributed by atoms with Gasteiger partial charge in [0.05, 0.1) is 12.3 Å². The molecule has 104 valence electrons. The van der Waals surface area contributed by atoms with Gasteiger partial charge < -0.3 is 15.4 Å². The largest absolute Gasteiger partial charge is 0.491 e. The van der Waals surface area contributed by atoms with Gasteiger partial charge in [0.2, 0.25) is 0 Å². The van der Waals surface area contributed by atoms with Crippen molar-refractivity contribution in [1.29, 1.82) is 0 Å². The van der Waals surface area contributed by atoms with Gasteiger partial charge in [0.25, 0.3) is 5.91 Å². The molecule has 0 fully saturated rings. The van der Waals surface area contributed by atoms with Crippen molar-refractivity contribution in [1.82, 2.24) is 4.98 Å². The molecule has 6 heteroatoms. The lowest BCUT2D eigenvalue weighted by molar-refractivity contribution is 0.0983. The highest BCUT2D eigenvalue weighted by atomic mass is 32.1. The summed E-state index contributed by atoms with van der Waals surface area (Å²) in [7, 11) is 0. The predicted molar refractivity (Wildman–Crippen MR) is 78.2 cm³/mol. The molecular weight excluding hydrogens is 274 g/mol. The Kier molecular flexibility index (Phi) is 3.66. The molecule has 0 atom stereocenters. The molecule has 1 aromatic heterocycles. The van der Waals surface area contributed by atoms with Crippen LogP contribution in [0.2, 0.25) is 0 Å². The lowest BCUT2D eigenvalue weighted by atomic mass is 10.2. The second-order valence-electron chi connectivity index (χ2n) is 4.46. The third kappa shape index (κ3) is 2.39. The van der Waals surface area contributed by atoms with E-state index in [4.69, 9.17) is 10.5 Å². The Labute approximate surface area is 121 Å². The zero-order chi connectivity index (χ0) is 13.9. The minimum atomic E-state index is -0.0982. The predicted octanol–water partition coefficient (Wildman–Crippen LogP) is 2.03. The minimum absolute atomic E-state index is 0.0982. The van der Waals surface area contributed by atoms with Crippen LogP contribution in [0.3, 0.4) is 0 Å². The van der Waals surface area contributed by atoms with Gasteiger partial charge in [0, 0.05) is 18.5 Å². The molecule has 1 amide bonds. The van der Waals surface area contributed by atoms with Crippen LogP contribution < -0.4 is 15.4 Å². The zero-order valence-corrected chi connectivity index (χ0v) is 11.7. The van der Waals surface area contributed by atoms with E-state index >= 15 is 0 Å². The molecule has 1 aliphatic rings. The fourth-order valence-electron chi connectivity index (χ4n) is 2.18. The van der Waals surface area contributed by atoms with Crippen LogP contribution in [0, 0.1) is 0 Å². The number of nitrogens with zero attached hydrogens (tertiary/aromatic N) is 2. The number of thiazole rings is 1. The normalized spacial score (nSPS) is 14.3. The second-order valence-corrected chi connectivity index (χ2v) is 5.40. The van der Waals surface area contributed by atoms with E-state index in [1.807, 2.05) is 24.3 Å². The third-order valence-electron chi connectivity index (χ3n) is 3.13. The van der Waals surface area contributed by atoms with Gasteiger partial charge in [-0.15, -0.1) is 11.3 Å². The van der Waals surface area contributed by atoms with Crippen molar-refractivity contribution in [3.63, 3.8) is 0 Å². The number of para-hydroxylation sites is 2. The first kappa shape index (κ1) is 13.1. The zero-order valence-electron chi connectivity index (χ0n) is 10.9. The van der Waals surface area contributed by atoms with Crippen molar-refractivity contribution in [3.05, 3.63) is 40.3 Å². The molecule has 1 aromatic carbocycles. The molecule has 0 aliphatic carbocycles. The summed E-state index contributed by atoms with van der Waals surface area (Å²) in [6.07, 6.45) is 0.800. The summed E-state index contributed by atoms with van der Waals surface area (Å²) in [6.45, 7) is 1.61. The second kappa shape index (κ2) is 5.60. The number of carbonyl (C=O) groups excluding carboxylic acids is 1. The standard InChI is InChI=1S/C14H15N3O2S/c15-8-13-16-10(9-20-13)14(18)17-6-3-7-19-12-5-2-1-4-11(12)17/h1-2,4-5,9H,3,6-8,15H2. The summed E-state index contributed by atoms with van der Waals surface area (Å²) >= 11 is 1.41. The Hall–Kier alpha value is -1.92. The van der Waals surface area contributed by atoms with Gasteiger partial charge in [0.15, 0.2) is 0 Å². The van der Waals surface area contributed by atoms with Crippen LogP contribution in [0.15, 0.2) is 29.6 Å². The van der Waals surface area contributed by atoms with Gasteiger partial charge in [-0.2, -0.15) is 0 Å². The summed E-state index contributed by atoms with van der Waals surface area (Å²) in [6, 6.07) is 7.59. The Bertz CT molecular complexity index is 626. The summed E-state index contributed by atoms with van der Waals surface area (Å²) < 4.78 is 5.66. The maximum Gasteiger partial charge on any atom is 0.277 e. The smallest absolute Gasteiger partial charge is 0.277 e. The summed E-state index contributed by atoms with van der Waals surface area (Å²) in [4.78, 5) is 18.6. The SMILES string of the molecule is NCc1nc(C(=O)N2CCCOc3ccccc32)cs1. The number of rotatable bonds is 2. The molecule has 5 nitrogen and oxygen atoms in total. The number of aromatic nitrogens is 1. The maximum absolute atomic E-state index is 12.6. The highest BCUT2D eigenvalue weighted by molar-refractivity contribution is 7.09. The molecule has 3 rings (SSSR count). The molecule has 2 N–H and O–H groups in total. The quantitative estimate of drug-likeness (QED) is 0.918. The van der Waals surface area contributed by atoms with E-state index in [0.717, 1.165) is 22.9 Å². The fourth-order valence-corrected chi connectivity index (χ4v) is 2.83. The molecular formula is C14H15N3O2S. The first-order chi connectivity index (χ1) is 9.79. The van der Waals surface area contributed by atoms with Crippen LogP contribution in [0.4, 0.5) is 5.69 Å². The van der Waals surface area contributed by atoms with Gasteiger partial charge >= 0.3 is 0 Å². The molecule has 0 radical (unpaired) electrons. The average molecular weight is 289 g/mol. The minimum Gasteiger partial charge on any atom is -0.491 e. The van der Waals surface area contributed by atoms with E-state index in [0.29, 0.717) is 25.4 Å². The molecule has 0 unspecified atom stereocenters. The molecule has 0 spiro atoms. The summed E-state index contributed by atoms with van der Waals surface area (Å²) in [5.41, 5.74) is 6.80. The Morgan fingerprint density at radius 3 is 3.10 bits per heavy atom. The van der Waals surface area contributed by atoms with Crippen LogP contribution in [-0.2, 0) is 6.54 Å². The molecule has 2 heterocycles. The van der Waals surface area contributed by atoms with Crippen molar-refractivity contribution in [2.24, 2.45) is 5.73 Å². The number of hydrogen-bond acceptors (Lipinski definition) is 5. The molecule has 0 saturated heterocycles. The number of hydrogen-bond donors (Lipinski definition) is 1. The van der Waals surface area contributed by atoms with Gasteiger partial charge in [-0.1, -0.05) is 12.1 Å². The molecule has 1 aliphatic heterocycles. The Balaban J connectivity index is 1.94. The summed E-state index contributed by atoms with van der Waals surface area (Å²) in [5.74, 6) is 0.645. The lowest BCUT2D eigenvalue weighted by Crippen LogP contribution is -2.31. The molecule has 0 saturated carbocycles. The van der Waals surface area contributed by atoms with Crippen molar-refractivity contribution < 1.29 is 9.53 Å². The number of benzene rings is 1.